The molecule has 1 aliphatic rings. The smallest absolute Gasteiger partial charge is 0.237 e. The van der Waals surface area contributed by atoms with Gasteiger partial charge in [-0.3, -0.25) is 4.79 Å². The number of rotatable bonds is 3. The van der Waals surface area contributed by atoms with Crippen LogP contribution < -0.4 is 10.6 Å². The third kappa shape index (κ3) is 3.56. The van der Waals surface area contributed by atoms with E-state index < -0.39 is 0 Å². The summed E-state index contributed by atoms with van der Waals surface area (Å²) in [5.74, 6) is 0.531. The molecule has 1 heterocycles. The Hall–Kier alpha value is -0.870. The molecule has 98 valence electrons. The Morgan fingerprint density at radius 2 is 2.39 bits per heavy atom. The van der Waals surface area contributed by atoms with Crippen molar-refractivity contribution in [2.75, 3.05) is 6.54 Å². The van der Waals surface area contributed by atoms with Crippen LogP contribution in [0, 0.1) is 5.92 Å². The lowest BCUT2D eigenvalue weighted by Gasteiger charge is -2.28. The summed E-state index contributed by atoms with van der Waals surface area (Å²) in [7, 11) is 0. The van der Waals surface area contributed by atoms with Crippen molar-refractivity contribution >= 4 is 21.8 Å². The van der Waals surface area contributed by atoms with Gasteiger partial charge in [0.05, 0.1) is 6.04 Å². The SMILES string of the molecule is CC1CCCNC1C(=O)NCc1cccc(Br)c1. The molecule has 0 bridgehead atoms. The molecule has 1 saturated heterocycles. The average Bonchev–Trinajstić information content (AvgIpc) is 2.37. The van der Waals surface area contributed by atoms with Gasteiger partial charge in [0.15, 0.2) is 0 Å². The van der Waals surface area contributed by atoms with Gasteiger partial charge in [0.2, 0.25) is 5.91 Å². The largest absolute Gasteiger partial charge is 0.351 e. The molecule has 0 aromatic heterocycles. The van der Waals surface area contributed by atoms with Crippen molar-refractivity contribution in [3.8, 4) is 0 Å². The van der Waals surface area contributed by atoms with Crippen molar-refractivity contribution in [2.45, 2.75) is 32.4 Å². The monoisotopic (exact) mass is 310 g/mol. The molecular weight excluding hydrogens is 292 g/mol. The van der Waals surface area contributed by atoms with E-state index in [4.69, 9.17) is 0 Å². The lowest BCUT2D eigenvalue weighted by molar-refractivity contribution is -0.125. The summed E-state index contributed by atoms with van der Waals surface area (Å²) >= 11 is 3.43. The lowest BCUT2D eigenvalue weighted by Crippen LogP contribution is -2.50. The Kier molecular flexibility index (Phi) is 4.78. The lowest BCUT2D eigenvalue weighted by atomic mass is 9.92. The molecule has 1 aliphatic heterocycles. The second-order valence-electron chi connectivity index (χ2n) is 4.90. The maximum atomic E-state index is 12.1. The van der Waals surface area contributed by atoms with Crippen molar-refractivity contribution < 1.29 is 4.79 Å². The molecular formula is C14H19BrN2O. The van der Waals surface area contributed by atoms with Crippen LogP contribution in [-0.2, 0) is 11.3 Å². The van der Waals surface area contributed by atoms with Gasteiger partial charge in [-0.25, -0.2) is 0 Å². The first kappa shape index (κ1) is 13.6. The fourth-order valence-electron chi connectivity index (χ4n) is 2.35. The summed E-state index contributed by atoms with van der Waals surface area (Å²) in [5.41, 5.74) is 1.11. The van der Waals surface area contributed by atoms with Gasteiger partial charge in [0.1, 0.15) is 0 Å². The first-order chi connectivity index (χ1) is 8.66. The number of hydrogen-bond donors (Lipinski definition) is 2. The second kappa shape index (κ2) is 6.34. The molecule has 2 atom stereocenters. The van der Waals surface area contributed by atoms with Gasteiger partial charge in [-0.05, 0) is 43.0 Å². The standard InChI is InChI=1S/C14H19BrN2O/c1-10-4-3-7-16-13(10)14(18)17-9-11-5-2-6-12(15)8-11/h2,5-6,8,10,13,16H,3-4,7,9H2,1H3,(H,17,18). The molecule has 1 aromatic carbocycles. The van der Waals surface area contributed by atoms with Gasteiger partial charge < -0.3 is 10.6 Å². The van der Waals surface area contributed by atoms with Crippen LogP contribution in [0.15, 0.2) is 28.7 Å². The van der Waals surface area contributed by atoms with Gasteiger partial charge in [-0.15, -0.1) is 0 Å². The summed E-state index contributed by atoms with van der Waals surface area (Å²) in [5, 5.41) is 6.30. The minimum atomic E-state index is -0.0362. The number of amides is 1. The molecule has 3 nitrogen and oxygen atoms in total. The van der Waals surface area contributed by atoms with E-state index in [0.717, 1.165) is 29.4 Å². The molecule has 18 heavy (non-hydrogen) atoms. The van der Waals surface area contributed by atoms with E-state index in [1.165, 1.54) is 0 Å². The van der Waals surface area contributed by atoms with Gasteiger partial charge in [-0.1, -0.05) is 35.0 Å². The Morgan fingerprint density at radius 3 is 3.11 bits per heavy atom. The molecule has 2 N–H and O–H groups in total. The van der Waals surface area contributed by atoms with Crippen molar-refractivity contribution in [3.63, 3.8) is 0 Å². The highest BCUT2D eigenvalue weighted by Gasteiger charge is 2.26. The highest BCUT2D eigenvalue weighted by Crippen LogP contribution is 2.16. The topological polar surface area (TPSA) is 41.1 Å². The number of halogens is 1. The molecule has 2 rings (SSSR count). The second-order valence-corrected chi connectivity index (χ2v) is 5.81. The molecule has 0 radical (unpaired) electrons. The molecule has 1 aromatic rings. The number of piperidine rings is 1. The Morgan fingerprint density at radius 1 is 1.56 bits per heavy atom. The summed E-state index contributed by atoms with van der Waals surface area (Å²) < 4.78 is 1.04. The van der Waals surface area contributed by atoms with Crippen molar-refractivity contribution in [3.05, 3.63) is 34.3 Å². The van der Waals surface area contributed by atoms with Crippen LogP contribution in [-0.4, -0.2) is 18.5 Å². The quantitative estimate of drug-likeness (QED) is 0.900. The van der Waals surface area contributed by atoms with Gasteiger partial charge in [0, 0.05) is 11.0 Å². The Labute approximate surface area is 116 Å². The predicted molar refractivity (Wildman–Crippen MR) is 76.2 cm³/mol. The van der Waals surface area contributed by atoms with Crippen LogP contribution in [0.2, 0.25) is 0 Å². The summed E-state index contributed by atoms with van der Waals surface area (Å²) in [6.45, 7) is 3.66. The molecule has 0 spiro atoms. The first-order valence-corrected chi connectivity index (χ1v) is 7.21. The highest BCUT2D eigenvalue weighted by molar-refractivity contribution is 9.10. The minimum Gasteiger partial charge on any atom is -0.351 e. The van der Waals surface area contributed by atoms with E-state index in [2.05, 4.69) is 33.5 Å². The molecule has 2 unspecified atom stereocenters. The van der Waals surface area contributed by atoms with Crippen LogP contribution in [0.4, 0.5) is 0 Å². The fraction of sp³-hybridized carbons (Fsp3) is 0.500. The third-order valence-corrected chi connectivity index (χ3v) is 3.90. The average molecular weight is 311 g/mol. The number of nitrogens with one attached hydrogen (secondary N) is 2. The molecule has 1 amide bonds. The summed E-state index contributed by atoms with van der Waals surface area (Å²) in [6.07, 6.45) is 2.29. The molecule has 4 heteroatoms. The zero-order chi connectivity index (χ0) is 13.0. The highest BCUT2D eigenvalue weighted by atomic mass is 79.9. The number of carbonyl (C=O) groups excluding carboxylic acids is 1. The van der Waals surface area contributed by atoms with Crippen molar-refractivity contribution in [1.29, 1.82) is 0 Å². The maximum Gasteiger partial charge on any atom is 0.237 e. The van der Waals surface area contributed by atoms with Crippen LogP contribution >= 0.6 is 15.9 Å². The van der Waals surface area contributed by atoms with Crippen LogP contribution in [0.5, 0.6) is 0 Å². The predicted octanol–water partition coefficient (Wildman–Crippen LogP) is 2.45. The van der Waals surface area contributed by atoms with E-state index in [0.29, 0.717) is 12.5 Å². The van der Waals surface area contributed by atoms with E-state index in [1.54, 1.807) is 0 Å². The molecule has 1 fully saturated rings. The minimum absolute atomic E-state index is 0.0362. The van der Waals surface area contributed by atoms with Crippen LogP contribution in [0.25, 0.3) is 0 Å². The third-order valence-electron chi connectivity index (χ3n) is 3.41. The summed E-state index contributed by atoms with van der Waals surface area (Å²) in [4.78, 5) is 12.1. The molecule has 0 aliphatic carbocycles. The van der Waals surface area contributed by atoms with E-state index in [-0.39, 0.29) is 11.9 Å². The van der Waals surface area contributed by atoms with Crippen molar-refractivity contribution in [1.82, 2.24) is 10.6 Å². The summed E-state index contributed by atoms with van der Waals surface area (Å²) in [6, 6.07) is 7.97. The number of hydrogen-bond acceptors (Lipinski definition) is 2. The van der Waals surface area contributed by atoms with E-state index in [9.17, 15) is 4.79 Å². The molecule has 0 saturated carbocycles. The Bertz CT molecular complexity index is 422. The van der Waals surface area contributed by atoms with E-state index in [1.807, 2.05) is 24.3 Å². The van der Waals surface area contributed by atoms with Crippen LogP contribution in [0.3, 0.4) is 0 Å². The van der Waals surface area contributed by atoms with Gasteiger partial charge >= 0.3 is 0 Å². The maximum absolute atomic E-state index is 12.1. The zero-order valence-electron chi connectivity index (χ0n) is 10.6. The van der Waals surface area contributed by atoms with E-state index >= 15 is 0 Å². The first-order valence-electron chi connectivity index (χ1n) is 6.42. The number of benzene rings is 1. The number of carbonyl (C=O) groups is 1. The van der Waals surface area contributed by atoms with Gasteiger partial charge in [0.25, 0.3) is 0 Å². The normalized spacial score (nSPS) is 23.7. The zero-order valence-corrected chi connectivity index (χ0v) is 12.2. The fourth-order valence-corrected chi connectivity index (χ4v) is 2.79. The Balaban J connectivity index is 1.88. The van der Waals surface area contributed by atoms with Crippen molar-refractivity contribution in [2.24, 2.45) is 5.92 Å². The van der Waals surface area contributed by atoms with Crippen LogP contribution in [0.1, 0.15) is 25.3 Å². The van der Waals surface area contributed by atoms with Gasteiger partial charge in [-0.2, -0.15) is 0 Å².